The van der Waals surface area contributed by atoms with Gasteiger partial charge in [-0.25, -0.2) is 4.98 Å². The van der Waals surface area contributed by atoms with Crippen LogP contribution in [0.1, 0.15) is 0 Å². The molecule has 0 radical (unpaired) electrons. The molecule has 51 heavy (non-hydrogen) atoms. The Morgan fingerprint density at radius 2 is 1.06 bits per heavy atom. The van der Waals surface area contributed by atoms with Crippen molar-refractivity contribution in [2.75, 3.05) is 4.90 Å². The molecule has 0 spiro atoms. The maximum atomic E-state index is 6.78. The van der Waals surface area contributed by atoms with Gasteiger partial charge in [-0.1, -0.05) is 133 Å². The number of para-hydroxylation sites is 1. The summed E-state index contributed by atoms with van der Waals surface area (Å²) in [5, 5.41) is 5.67. The van der Waals surface area contributed by atoms with Crippen LogP contribution in [0, 0.1) is 0 Å². The smallest absolute Gasteiger partial charge is 0.159 e. The lowest BCUT2D eigenvalue weighted by Gasteiger charge is -2.26. The predicted octanol–water partition coefficient (Wildman–Crippen LogP) is 13.8. The summed E-state index contributed by atoms with van der Waals surface area (Å²) in [6.07, 6.45) is 0. The first-order chi connectivity index (χ1) is 25.2. The summed E-state index contributed by atoms with van der Waals surface area (Å²) >= 11 is 1.72. The largest absolute Gasteiger partial charge is 0.454 e. The Morgan fingerprint density at radius 1 is 0.451 bits per heavy atom. The van der Waals surface area contributed by atoms with Crippen molar-refractivity contribution in [1.29, 1.82) is 0 Å². The molecule has 3 nitrogen and oxygen atoms in total. The van der Waals surface area contributed by atoms with Crippen LogP contribution in [0.3, 0.4) is 0 Å². The maximum absolute atomic E-state index is 6.78. The molecule has 0 amide bonds. The molecule has 0 bridgehead atoms. The van der Waals surface area contributed by atoms with Crippen molar-refractivity contribution in [1.82, 2.24) is 4.98 Å². The zero-order chi connectivity index (χ0) is 33.7. The third-order valence-electron chi connectivity index (χ3n) is 9.69. The third-order valence-corrected chi connectivity index (χ3v) is 10.8. The minimum Gasteiger partial charge on any atom is -0.454 e. The number of thiazole rings is 1. The monoisotopic (exact) mass is 670 g/mol. The average Bonchev–Trinajstić information content (AvgIpc) is 3.79. The highest BCUT2D eigenvalue weighted by atomic mass is 32.1. The Bertz CT molecular complexity index is 2840. The molecule has 240 valence electrons. The lowest BCUT2D eigenvalue weighted by molar-refractivity contribution is 0.669. The molecule has 10 rings (SSSR count). The molecule has 0 aliphatic heterocycles. The average molecular weight is 671 g/mol. The Labute approximate surface area is 299 Å². The first kappa shape index (κ1) is 29.4. The Morgan fingerprint density at radius 3 is 1.78 bits per heavy atom. The number of rotatable bonds is 6. The molecular weight excluding hydrogens is 641 g/mol. The third kappa shape index (κ3) is 5.25. The Kier molecular flexibility index (Phi) is 7.00. The van der Waals surface area contributed by atoms with Crippen LogP contribution in [0.4, 0.5) is 17.1 Å². The fourth-order valence-corrected chi connectivity index (χ4v) is 8.11. The van der Waals surface area contributed by atoms with Crippen LogP contribution >= 0.6 is 11.3 Å². The summed E-state index contributed by atoms with van der Waals surface area (Å²) < 4.78 is 7.93. The van der Waals surface area contributed by atoms with Crippen molar-refractivity contribution in [2.24, 2.45) is 0 Å². The van der Waals surface area contributed by atoms with Crippen LogP contribution in [-0.2, 0) is 0 Å². The van der Waals surface area contributed by atoms with Crippen LogP contribution in [0.2, 0.25) is 0 Å². The Hall–Kier alpha value is -6.49. The molecule has 0 saturated heterocycles. The fourth-order valence-electron chi connectivity index (χ4n) is 7.12. The summed E-state index contributed by atoms with van der Waals surface area (Å²) in [6, 6.07) is 64.5. The number of hydrogen-bond acceptors (Lipinski definition) is 4. The van der Waals surface area contributed by atoms with E-state index in [4.69, 9.17) is 9.40 Å². The van der Waals surface area contributed by atoms with Crippen molar-refractivity contribution in [3.63, 3.8) is 0 Å². The van der Waals surface area contributed by atoms with Gasteiger partial charge >= 0.3 is 0 Å². The molecule has 0 fully saturated rings. The van der Waals surface area contributed by atoms with Gasteiger partial charge in [-0.2, -0.15) is 0 Å². The SMILES string of the molecule is c1ccc(-c2ccc(N(c3ccc(-c4ccc5ccccc5c4)cc3)c3cccc4c3oc3cc5nc(-c6ccccc6)sc5cc34)cc2)cc1. The van der Waals surface area contributed by atoms with E-state index in [0.717, 1.165) is 59.8 Å². The molecule has 8 aromatic carbocycles. The summed E-state index contributed by atoms with van der Waals surface area (Å²) in [7, 11) is 0. The number of fused-ring (bicyclic) bond motifs is 5. The second-order valence-corrected chi connectivity index (χ2v) is 13.8. The molecule has 0 aliphatic rings. The Balaban J connectivity index is 1.10. The van der Waals surface area contributed by atoms with Crippen molar-refractivity contribution in [3.05, 3.63) is 182 Å². The lowest BCUT2D eigenvalue weighted by atomic mass is 10.0. The quantitative estimate of drug-likeness (QED) is 0.176. The van der Waals surface area contributed by atoms with Gasteiger partial charge in [-0.3, -0.25) is 0 Å². The molecule has 4 heteroatoms. The highest BCUT2D eigenvalue weighted by molar-refractivity contribution is 7.21. The van der Waals surface area contributed by atoms with Crippen LogP contribution in [-0.4, -0.2) is 4.98 Å². The summed E-state index contributed by atoms with van der Waals surface area (Å²) in [4.78, 5) is 7.29. The number of furan rings is 1. The van der Waals surface area contributed by atoms with E-state index in [9.17, 15) is 0 Å². The first-order valence-electron chi connectivity index (χ1n) is 17.1. The highest BCUT2D eigenvalue weighted by Crippen LogP contribution is 2.44. The second kappa shape index (κ2) is 12.1. The minimum absolute atomic E-state index is 0.834. The highest BCUT2D eigenvalue weighted by Gasteiger charge is 2.21. The minimum atomic E-state index is 0.834. The van der Waals surface area contributed by atoms with E-state index < -0.39 is 0 Å². The van der Waals surface area contributed by atoms with E-state index in [1.165, 1.54) is 33.0 Å². The number of nitrogens with zero attached hydrogens (tertiary/aromatic N) is 2. The number of anilines is 3. The molecule has 10 aromatic rings. The van der Waals surface area contributed by atoms with Crippen molar-refractivity contribution in [3.8, 4) is 32.8 Å². The normalized spacial score (nSPS) is 11.5. The molecule has 0 N–H and O–H groups in total. The van der Waals surface area contributed by atoms with E-state index in [0.29, 0.717) is 0 Å². The molecule has 0 aliphatic carbocycles. The van der Waals surface area contributed by atoms with Crippen molar-refractivity contribution < 1.29 is 4.42 Å². The molecule has 0 saturated carbocycles. The van der Waals surface area contributed by atoms with Gasteiger partial charge in [0.2, 0.25) is 0 Å². The van der Waals surface area contributed by atoms with Gasteiger partial charge in [0.25, 0.3) is 0 Å². The molecular formula is C47H30N2OS. The molecule has 0 atom stereocenters. The molecule has 2 aromatic heterocycles. The zero-order valence-corrected chi connectivity index (χ0v) is 28.3. The van der Waals surface area contributed by atoms with Crippen molar-refractivity contribution in [2.45, 2.75) is 0 Å². The predicted molar refractivity (Wildman–Crippen MR) is 215 cm³/mol. The van der Waals surface area contributed by atoms with Gasteiger partial charge in [0.15, 0.2) is 5.58 Å². The molecule has 0 unspecified atom stereocenters. The van der Waals surface area contributed by atoms with Gasteiger partial charge in [-0.05, 0) is 75.5 Å². The van der Waals surface area contributed by atoms with Crippen LogP contribution in [0.25, 0.3) is 75.8 Å². The topological polar surface area (TPSA) is 29.3 Å². The first-order valence-corrected chi connectivity index (χ1v) is 17.9. The van der Waals surface area contributed by atoms with E-state index in [2.05, 4.69) is 181 Å². The summed E-state index contributed by atoms with van der Waals surface area (Å²) in [6.45, 7) is 0. The van der Waals surface area contributed by atoms with Crippen LogP contribution < -0.4 is 4.90 Å². The number of aromatic nitrogens is 1. The number of benzene rings is 8. The zero-order valence-electron chi connectivity index (χ0n) is 27.5. The van der Waals surface area contributed by atoms with Crippen LogP contribution in [0.15, 0.2) is 186 Å². The van der Waals surface area contributed by atoms with E-state index >= 15 is 0 Å². The van der Waals surface area contributed by atoms with Crippen LogP contribution in [0.5, 0.6) is 0 Å². The standard InChI is InChI=1S/C47H30N2OS/c1-3-10-31(11-4-1)33-20-24-38(25-21-33)49(39-26-22-34(23-27-39)37-19-18-32-12-7-8-15-36(32)28-37)43-17-9-16-40-41-29-45-42(30-44(41)50-46(40)43)48-47(51-45)35-13-5-2-6-14-35/h1-30H. The lowest BCUT2D eigenvalue weighted by Crippen LogP contribution is -2.10. The molecule has 2 heterocycles. The van der Waals surface area contributed by atoms with Gasteiger partial charge in [0.1, 0.15) is 10.6 Å². The van der Waals surface area contributed by atoms with E-state index in [1.807, 2.05) is 6.07 Å². The van der Waals surface area contributed by atoms with Gasteiger partial charge in [0.05, 0.1) is 15.9 Å². The summed E-state index contributed by atoms with van der Waals surface area (Å²) in [5.41, 5.74) is 11.6. The fraction of sp³-hybridized carbons (Fsp3) is 0. The maximum Gasteiger partial charge on any atom is 0.159 e. The summed E-state index contributed by atoms with van der Waals surface area (Å²) in [5.74, 6) is 0. The van der Waals surface area contributed by atoms with Crippen molar-refractivity contribution >= 4 is 71.3 Å². The van der Waals surface area contributed by atoms with Gasteiger partial charge in [0, 0.05) is 33.8 Å². The van der Waals surface area contributed by atoms with E-state index in [-0.39, 0.29) is 0 Å². The number of hydrogen-bond donors (Lipinski definition) is 0. The second-order valence-electron chi connectivity index (χ2n) is 12.8. The van der Waals surface area contributed by atoms with Gasteiger partial charge in [-0.15, -0.1) is 11.3 Å². The van der Waals surface area contributed by atoms with E-state index in [1.54, 1.807) is 11.3 Å². The van der Waals surface area contributed by atoms with Gasteiger partial charge < -0.3 is 9.32 Å².